The molecule has 3 aliphatic carbocycles. The van der Waals surface area contributed by atoms with Crippen LogP contribution in [0.4, 0.5) is 82.4 Å². The van der Waals surface area contributed by atoms with E-state index in [0.29, 0.717) is 34.9 Å². The van der Waals surface area contributed by atoms with Crippen molar-refractivity contribution in [3.8, 4) is 29.7 Å². The minimum absolute atomic E-state index is 0. The number of ether oxygens (including phenoxy) is 5. The number of anilines is 5. The van der Waals surface area contributed by atoms with Gasteiger partial charge in [-0.25, -0.2) is 93.7 Å². The van der Waals surface area contributed by atoms with E-state index >= 15 is 0 Å². The Morgan fingerprint density at radius 3 is 1.03 bits per heavy atom. The van der Waals surface area contributed by atoms with Crippen molar-refractivity contribution in [1.82, 2.24) is 60.0 Å². The van der Waals surface area contributed by atoms with E-state index in [9.17, 15) is 57.8 Å². The summed E-state index contributed by atoms with van der Waals surface area (Å²) >= 11 is 2.50. The van der Waals surface area contributed by atoms with Gasteiger partial charge < -0.3 is 85.2 Å². The van der Waals surface area contributed by atoms with E-state index in [1.54, 1.807) is 12.4 Å². The molecule has 4 aliphatic rings. The Labute approximate surface area is 906 Å². The second kappa shape index (κ2) is 62.5. The monoisotopic (exact) mass is 2060 g/mol. The van der Waals surface area contributed by atoms with E-state index < -0.39 is 107 Å². The first-order chi connectivity index (χ1) is 62.5. The molecule has 0 spiro atoms. The third kappa shape index (κ3) is 40.4. The predicted octanol–water partition coefficient (Wildman–Crippen LogP) is 7.95. The third-order valence-electron chi connectivity index (χ3n) is 17.9. The molecule has 0 amide bonds. The maximum atomic E-state index is 14.2. The molecule has 11 aromatic rings. The van der Waals surface area contributed by atoms with Crippen molar-refractivity contribution in [2.75, 3.05) is 72.8 Å². The summed E-state index contributed by atoms with van der Waals surface area (Å²) < 4.78 is 192. The summed E-state index contributed by atoms with van der Waals surface area (Å²) in [5, 5.41) is 67.9. The molecule has 680 valence electrons. The molecule has 47 heteroatoms. The summed E-state index contributed by atoms with van der Waals surface area (Å²) in [6, 6.07) is 19.0. The van der Waals surface area contributed by atoms with Crippen molar-refractivity contribution < 1.29 is 214 Å². The molecule has 3 fully saturated rings. The van der Waals surface area contributed by atoms with Crippen molar-refractivity contribution in [3.05, 3.63) is 293 Å². The molecule has 5 aromatic carbocycles. The van der Waals surface area contributed by atoms with Crippen LogP contribution in [-0.2, 0) is 23.7 Å². The van der Waals surface area contributed by atoms with Crippen molar-refractivity contribution >= 4 is 98.6 Å². The third-order valence-corrected chi connectivity index (χ3v) is 17.9. The van der Waals surface area contributed by atoms with Gasteiger partial charge in [0.1, 0.15) is 89.5 Å². The van der Waals surface area contributed by atoms with Gasteiger partial charge in [0, 0.05) is 88.5 Å². The average molecular weight is 2060 g/mol. The summed E-state index contributed by atoms with van der Waals surface area (Å²) in [5.74, 6) is -6.73. The van der Waals surface area contributed by atoms with Gasteiger partial charge >= 0.3 is 172 Å². The average Bonchev–Trinajstić information content (AvgIpc) is 1.42. The van der Waals surface area contributed by atoms with Crippen LogP contribution >= 0.6 is 0 Å². The maximum absolute atomic E-state index is 14.2. The molecule has 5 unspecified atom stereocenters. The number of nitrogens with zero attached hydrogens (tertiary/aromatic N) is 18. The minimum atomic E-state index is -2.88. The van der Waals surface area contributed by atoms with Crippen LogP contribution in [-0.4, -0.2) is 199 Å². The quantitative estimate of drug-likeness (QED) is 0.00721. The van der Waals surface area contributed by atoms with Crippen LogP contribution in [0, 0.1) is 92.2 Å². The van der Waals surface area contributed by atoms with Gasteiger partial charge in [-0.3, -0.25) is 0 Å². The molecule has 6 N–H and O–H groups in total. The fourth-order valence-electron chi connectivity index (χ4n) is 10.9. The SMILES string of the molecule is C.C=COCC(Nc1ncc(C#N)cn1)c1ccc(F)cc1F.C=COCCCC.Fc1ccc(C(COC2CC2)Nc2ncc(-c3nnc(C(F)F)o3)cn2)c(F)c1.Fc1ccc(C(COC2CC2)Nc2ncc(C3=NN=NC3)cn2)c(F)c1.N#Cc1cnc(NC(CO)c2ccc(F)cc2F)nc1.N#Cc1cnc(NC(COC2CC2)c2ccc(F)cc2F)nc1.[H-].[I-].[K+].[K+].[K][K]. The molecular weight excluding hydrogens is 1980 g/mol. The normalized spacial score (nSPS) is 13.3. The van der Waals surface area contributed by atoms with Crippen LogP contribution in [0.1, 0.15) is 160 Å². The van der Waals surface area contributed by atoms with E-state index in [-0.39, 0.29) is 243 Å². The van der Waals surface area contributed by atoms with Gasteiger partial charge in [0.2, 0.25) is 29.7 Å². The number of unbranched alkanes of at least 4 members (excludes halogenated alkanes) is 1. The van der Waals surface area contributed by atoms with Gasteiger partial charge in [0.15, 0.2) is 0 Å². The Balaban J connectivity index is 0.000000341. The first kappa shape index (κ1) is 116. The molecule has 30 nitrogen and oxygen atoms in total. The summed E-state index contributed by atoms with van der Waals surface area (Å²) in [7, 11) is 0. The number of rotatable bonds is 35. The van der Waals surface area contributed by atoms with Crippen molar-refractivity contribution in [3.63, 3.8) is 0 Å². The van der Waals surface area contributed by atoms with Crippen LogP contribution in [0.15, 0.2) is 199 Å². The van der Waals surface area contributed by atoms with E-state index in [2.05, 4.69) is 122 Å². The number of hydrogen-bond donors (Lipinski definition) is 6. The summed E-state index contributed by atoms with van der Waals surface area (Å²) in [6.45, 7) is 10.4. The number of aliphatic hydroxyl groups is 1. The van der Waals surface area contributed by atoms with E-state index in [1.165, 1.54) is 174 Å². The Morgan fingerprint density at radius 2 is 0.767 bits per heavy atom. The first-order valence-corrected chi connectivity index (χ1v) is 55.9. The van der Waals surface area contributed by atoms with Gasteiger partial charge in [-0.2, -0.15) is 29.7 Å². The van der Waals surface area contributed by atoms with Crippen LogP contribution in [0.5, 0.6) is 0 Å². The number of aromatic nitrogens is 12. The number of benzene rings is 5. The predicted molar refractivity (Wildman–Crippen MR) is 453 cm³/mol. The van der Waals surface area contributed by atoms with E-state index in [0.717, 1.165) is 106 Å². The fourth-order valence-corrected chi connectivity index (χ4v) is 10.9. The molecule has 7 heterocycles. The Hall–Kier alpha value is -7.26. The van der Waals surface area contributed by atoms with Crippen LogP contribution in [0.2, 0.25) is 0 Å². The molecule has 0 bridgehead atoms. The standard InChI is InChI=1S/C18H15F4N5O2.C17H16F2N6O.C16H14F2N4O.C15H12F2N4O.C13H10F2N4O.C6H12O.CH4.HI.4K.H/c19-10-1-4-12(13(20)5-10)14(8-28-11-2-3-11)25-18-23-6-9(7-24-18)16-26-27-17(29-16)15(21)22;18-11-1-4-13(14(19)5-11)16(9-26-12-2-3-12)23-17-20-6-10(7-21-17)15-8-22-25-24-15;17-11-1-4-13(14(18)5-11)15(9-23-12-2-3-12)22-16-20-7-10(6-19)8-21-16;1-2-22-9-14(12-4-3-11(16)5-13(12)17)21-15-19-7-10(6-18)8-20-15;14-9-1-2-10(11(15)3-9)12(7-20)19-13-17-5-8(4-16)6-18-13;1-3-5-6-7-4-2;;;;;;;/h1,4-7,11,14-15H,2-3,8H2,(H,23,24,25);1,4-7,12,16H,2-3,8-9H2,(H,20,21,23);1,4-5,7-8,12,15H,2-3,9H2,(H,20,21,22);2-5,7-8,14H,1,9H2,(H,19,20,21);1-3,5-6,12,20H,7H2,(H,17,18,19);4H,2-3,5-6H2,1H3;1H4;1H;;;;;/q;;;;;;;;;;2*+1;-1/p-1. The summed E-state index contributed by atoms with van der Waals surface area (Å²) in [4.78, 5) is 40.3. The van der Waals surface area contributed by atoms with Gasteiger partial charge in [-0.15, -0.1) is 15.3 Å². The first-order valence-electron chi connectivity index (χ1n) is 39.9. The number of halogens is 13. The number of aliphatic hydroxyl groups excluding tert-OH is 1. The zero-order valence-corrected chi connectivity index (χ0v) is 86.3. The zero-order chi connectivity index (χ0) is 92.6. The molecule has 15 rings (SSSR count). The fraction of sp³-hybridized carbons (Fsp3) is 0.302. The van der Waals surface area contributed by atoms with Gasteiger partial charge in [0.25, 0.3) is 11.8 Å². The molecule has 0 radical (unpaired) electrons. The molecule has 3 saturated carbocycles. The van der Waals surface area contributed by atoms with Crippen LogP contribution < -0.4 is 153 Å². The summed E-state index contributed by atoms with van der Waals surface area (Å²) in [5.41, 5.74) is 3.66. The summed E-state index contributed by atoms with van der Waals surface area (Å²) in [6.07, 6.45) is 22.4. The molecule has 5 atom stereocenters. The number of hydrogen-bond acceptors (Lipinski definition) is 30. The molecule has 1 aliphatic heterocycles. The van der Waals surface area contributed by atoms with E-state index in [4.69, 9.17) is 43.9 Å². The molecular formula is C86H84F12IK4N23O7. The molecule has 133 heavy (non-hydrogen) atoms. The van der Waals surface area contributed by atoms with Gasteiger partial charge in [-0.1, -0.05) is 64.3 Å². The topological polar surface area (TPSA) is 403 Å². The second-order valence-electron chi connectivity index (χ2n) is 27.5. The van der Waals surface area contributed by atoms with E-state index in [1.807, 2.05) is 18.2 Å². The number of alkyl halides is 2. The van der Waals surface area contributed by atoms with Crippen molar-refractivity contribution in [2.24, 2.45) is 15.4 Å². The van der Waals surface area contributed by atoms with Crippen LogP contribution in [0.25, 0.3) is 11.5 Å². The van der Waals surface area contributed by atoms with Gasteiger partial charge in [-0.05, 0) is 80.5 Å². The van der Waals surface area contributed by atoms with Crippen molar-refractivity contribution in [2.45, 2.75) is 121 Å². The number of nitrogens with one attached hydrogen (secondary N) is 5. The number of nitriles is 3. The Bertz CT molecular complexity index is 5620. The zero-order valence-electron chi connectivity index (χ0n) is 72.7. The van der Waals surface area contributed by atoms with Gasteiger partial charge in [0.05, 0.1) is 159 Å². The second-order valence-corrected chi connectivity index (χ2v) is 27.5. The Kier molecular flexibility index (Phi) is 54.7. The Morgan fingerprint density at radius 1 is 0.466 bits per heavy atom. The van der Waals surface area contributed by atoms with Crippen molar-refractivity contribution in [1.29, 1.82) is 15.8 Å². The molecule has 0 saturated heterocycles. The van der Waals surface area contributed by atoms with Crippen LogP contribution in [0.3, 0.4) is 0 Å². The molecule has 6 aromatic heterocycles.